The summed E-state index contributed by atoms with van der Waals surface area (Å²) in [6.45, 7) is 4.60. The van der Waals surface area contributed by atoms with E-state index >= 15 is 0 Å². The number of hydrogen-bond donors (Lipinski definition) is 2. The highest BCUT2D eigenvalue weighted by atomic mass is 16.5. The molecule has 0 aliphatic carbocycles. The zero-order valence-electron chi connectivity index (χ0n) is 17.3. The molecule has 0 unspecified atom stereocenters. The van der Waals surface area contributed by atoms with Gasteiger partial charge in [-0.05, 0) is 38.0 Å². The molecule has 2 N–H and O–H groups in total. The Balaban J connectivity index is 1.94. The molecule has 3 heterocycles. The molecular formula is C20H32N4O4. The van der Waals surface area contributed by atoms with Gasteiger partial charge >= 0.3 is 6.01 Å². The molecule has 3 rings (SSSR count). The van der Waals surface area contributed by atoms with Gasteiger partial charge in [0.1, 0.15) is 5.82 Å². The number of anilines is 1. The summed E-state index contributed by atoms with van der Waals surface area (Å²) in [5.41, 5.74) is -0.465. The lowest BCUT2D eigenvalue weighted by Crippen LogP contribution is -2.50. The predicted octanol–water partition coefficient (Wildman–Crippen LogP) is 1.77. The number of methoxy groups -OCH3 is 2. The standard InChI is InChI=1S/C20H32N4O4/c1-13(2)7-8-20(18(26)21-9-10-25)12-14-5-6-15(20)24(14)16-11-17(27-3)23-19(22-16)28-4/h11,13-15,25H,5-10,12H2,1-4H3,(H,21,26)/t14-,15+,20+/m1/s1. The first-order valence-corrected chi connectivity index (χ1v) is 10.1. The number of carbonyl (C=O) groups is 1. The Morgan fingerprint density at radius 1 is 1.36 bits per heavy atom. The normalized spacial score (nSPS) is 26.0. The molecule has 2 aliphatic rings. The third kappa shape index (κ3) is 3.74. The van der Waals surface area contributed by atoms with Crippen LogP contribution in [-0.2, 0) is 4.79 Å². The first kappa shape index (κ1) is 20.6. The molecule has 2 fully saturated rings. The third-order valence-corrected chi connectivity index (χ3v) is 6.08. The molecule has 0 radical (unpaired) electrons. The molecule has 2 bridgehead atoms. The fraction of sp³-hybridized carbons (Fsp3) is 0.750. The largest absolute Gasteiger partial charge is 0.481 e. The van der Waals surface area contributed by atoms with Gasteiger partial charge in [-0.1, -0.05) is 13.8 Å². The van der Waals surface area contributed by atoms with Gasteiger partial charge in [0.05, 0.1) is 26.2 Å². The van der Waals surface area contributed by atoms with E-state index in [1.807, 2.05) is 6.07 Å². The minimum absolute atomic E-state index is 0.0485. The zero-order chi connectivity index (χ0) is 20.3. The summed E-state index contributed by atoms with van der Waals surface area (Å²) >= 11 is 0. The van der Waals surface area contributed by atoms with E-state index in [-0.39, 0.29) is 37.2 Å². The monoisotopic (exact) mass is 392 g/mol. The summed E-state index contributed by atoms with van der Waals surface area (Å²) < 4.78 is 10.6. The molecule has 1 aromatic rings. The number of carbonyl (C=O) groups excluding carboxylic acids is 1. The highest BCUT2D eigenvalue weighted by Gasteiger charge is 2.59. The summed E-state index contributed by atoms with van der Waals surface area (Å²) in [4.78, 5) is 24.2. The first-order valence-electron chi connectivity index (χ1n) is 10.1. The van der Waals surface area contributed by atoms with Gasteiger partial charge in [0.2, 0.25) is 11.8 Å². The van der Waals surface area contributed by atoms with E-state index in [1.54, 1.807) is 7.11 Å². The fourth-order valence-electron chi connectivity index (χ4n) is 4.77. The average Bonchev–Trinajstić information content (AvgIpc) is 3.26. The van der Waals surface area contributed by atoms with Crippen LogP contribution in [0, 0.1) is 11.3 Å². The SMILES string of the molecule is COc1cc(N2[C@@H]3CC[C@H]2[C@@](CCC(C)C)(C(=O)NCCO)C3)nc(OC)n1. The predicted molar refractivity (Wildman–Crippen MR) is 106 cm³/mol. The zero-order valence-corrected chi connectivity index (χ0v) is 17.3. The number of amides is 1. The molecule has 28 heavy (non-hydrogen) atoms. The van der Waals surface area contributed by atoms with E-state index in [2.05, 4.69) is 34.0 Å². The summed E-state index contributed by atoms with van der Waals surface area (Å²) in [6.07, 6.45) is 4.61. The molecule has 8 nitrogen and oxygen atoms in total. The van der Waals surface area contributed by atoms with Crippen LogP contribution in [0.3, 0.4) is 0 Å². The van der Waals surface area contributed by atoms with Crippen LogP contribution in [0.5, 0.6) is 11.9 Å². The Bertz CT molecular complexity index is 677. The highest BCUT2D eigenvalue weighted by Crippen LogP contribution is 2.54. The maximum Gasteiger partial charge on any atom is 0.321 e. The Morgan fingerprint density at radius 2 is 2.14 bits per heavy atom. The fourth-order valence-corrected chi connectivity index (χ4v) is 4.77. The van der Waals surface area contributed by atoms with Gasteiger partial charge in [0, 0.05) is 24.7 Å². The van der Waals surface area contributed by atoms with Crippen molar-refractivity contribution in [2.24, 2.45) is 11.3 Å². The van der Waals surface area contributed by atoms with E-state index in [9.17, 15) is 4.79 Å². The Morgan fingerprint density at radius 3 is 2.79 bits per heavy atom. The number of ether oxygens (including phenoxy) is 2. The highest BCUT2D eigenvalue weighted by molar-refractivity contribution is 5.85. The molecule has 1 amide bonds. The minimum Gasteiger partial charge on any atom is -0.481 e. The van der Waals surface area contributed by atoms with Crippen LogP contribution < -0.4 is 19.7 Å². The van der Waals surface area contributed by atoms with Crippen LogP contribution in [-0.4, -0.2) is 60.4 Å². The molecule has 8 heteroatoms. The average molecular weight is 393 g/mol. The van der Waals surface area contributed by atoms with E-state index in [4.69, 9.17) is 14.6 Å². The number of aromatic nitrogens is 2. The summed E-state index contributed by atoms with van der Waals surface area (Å²) in [5, 5.41) is 12.1. The van der Waals surface area contributed by atoms with Gasteiger partial charge in [-0.3, -0.25) is 4.79 Å². The molecular weight excluding hydrogens is 360 g/mol. The Labute approximate surface area is 166 Å². The summed E-state index contributed by atoms with van der Waals surface area (Å²) in [6, 6.07) is 2.40. The van der Waals surface area contributed by atoms with Gasteiger partial charge in [0.15, 0.2) is 0 Å². The van der Waals surface area contributed by atoms with Crippen molar-refractivity contribution in [2.45, 2.75) is 58.0 Å². The van der Waals surface area contributed by atoms with Crippen LogP contribution in [0.4, 0.5) is 5.82 Å². The Kier molecular flexibility index (Phi) is 6.27. The summed E-state index contributed by atoms with van der Waals surface area (Å²) in [5.74, 6) is 1.77. The third-order valence-electron chi connectivity index (χ3n) is 6.08. The molecule has 0 saturated carbocycles. The van der Waals surface area contributed by atoms with Gasteiger partial charge in [-0.25, -0.2) is 0 Å². The van der Waals surface area contributed by atoms with E-state index in [0.29, 0.717) is 11.8 Å². The van der Waals surface area contributed by atoms with Crippen LogP contribution in [0.25, 0.3) is 0 Å². The minimum atomic E-state index is -0.465. The molecule has 0 spiro atoms. The lowest BCUT2D eigenvalue weighted by molar-refractivity contribution is -0.133. The second-order valence-corrected chi connectivity index (χ2v) is 8.18. The van der Waals surface area contributed by atoms with E-state index in [0.717, 1.165) is 37.9 Å². The van der Waals surface area contributed by atoms with Crippen LogP contribution >= 0.6 is 0 Å². The van der Waals surface area contributed by atoms with Crippen molar-refractivity contribution in [3.8, 4) is 11.9 Å². The number of nitrogens with one attached hydrogen (secondary N) is 1. The molecule has 2 aliphatic heterocycles. The molecule has 0 aromatic carbocycles. The summed E-state index contributed by atoms with van der Waals surface area (Å²) in [7, 11) is 3.10. The van der Waals surface area contributed by atoms with Gasteiger partial charge in [-0.15, -0.1) is 0 Å². The van der Waals surface area contributed by atoms with Crippen molar-refractivity contribution in [3.05, 3.63) is 6.07 Å². The van der Waals surface area contributed by atoms with Crippen molar-refractivity contribution < 1.29 is 19.4 Å². The van der Waals surface area contributed by atoms with Crippen LogP contribution in [0.2, 0.25) is 0 Å². The Hall–Kier alpha value is -2.09. The number of hydrogen-bond acceptors (Lipinski definition) is 7. The maximum atomic E-state index is 13.2. The van der Waals surface area contributed by atoms with Crippen molar-refractivity contribution in [2.75, 3.05) is 32.3 Å². The first-order chi connectivity index (χ1) is 13.4. The molecule has 3 atom stereocenters. The number of rotatable bonds is 9. The van der Waals surface area contributed by atoms with Gasteiger partial charge in [0.25, 0.3) is 0 Å². The molecule has 1 aromatic heterocycles. The topological polar surface area (TPSA) is 96.8 Å². The second kappa shape index (κ2) is 8.51. The van der Waals surface area contributed by atoms with Gasteiger partial charge in [-0.2, -0.15) is 9.97 Å². The van der Waals surface area contributed by atoms with E-state index in [1.165, 1.54) is 7.11 Å². The quantitative estimate of drug-likeness (QED) is 0.661. The van der Waals surface area contributed by atoms with Crippen molar-refractivity contribution in [1.82, 2.24) is 15.3 Å². The smallest absolute Gasteiger partial charge is 0.321 e. The number of nitrogens with zero attached hydrogens (tertiary/aromatic N) is 3. The lowest BCUT2D eigenvalue weighted by Gasteiger charge is -2.37. The van der Waals surface area contributed by atoms with E-state index < -0.39 is 5.41 Å². The number of aliphatic hydroxyl groups is 1. The number of aliphatic hydroxyl groups excluding tert-OH is 1. The molecule has 2 saturated heterocycles. The van der Waals surface area contributed by atoms with Crippen molar-refractivity contribution in [3.63, 3.8) is 0 Å². The van der Waals surface area contributed by atoms with Crippen LogP contribution in [0.15, 0.2) is 6.07 Å². The van der Waals surface area contributed by atoms with Gasteiger partial charge < -0.3 is 24.8 Å². The van der Waals surface area contributed by atoms with Crippen molar-refractivity contribution >= 4 is 11.7 Å². The molecule has 156 valence electrons. The maximum absolute atomic E-state index is 13.2. The number of fused-ring (bicyclic) bond motifs is 2. The van der Waals surface area contributed by atoms with Crippen molar-refractivity contribution in [1.29, 1.82) is 0 Å². The second-order valence-electron chi connectivity index (χ2n) is 8.18. The lowest BCUT2D eigenvalue weighted by atomic mass is 9.69. The van der Waals surface area contributed by atoms with Crippen LogP contribution in [0.1, 0.15) is 46.0 Å².